The third-order valence-electron chi connectivity index (χ3n) is 3.03. The molecule has 0 spiro atoms. The van der Waals surface area contributed by atoms with Crippen LogP contribution >= 0.6 is 0 Å². The Hall–Kier alpha value is -2.28. The van der Waals surface area contributed by atoms with Gasteiger partial charge in [-0.2, -0.15) is 4.98 Å². The van der Waals surface area contributed by atoms with Gasteiger partial charge in [-0.15, -0.1) is 0 Å². The highest BCUT2D eigenvalue weighted by molar-refractivity contribution is 5.35. The van der Waals surface area contributed by atoms with E-state index in [0.29, 0.717) is 18.8 Å². The summed E-state index contributed by atoms with van der Waals surface area (Å²) in [6.45, 7) is 2.92. The average Bonchev–Trinajstić information content (AvgIpc) is 2.50. The molecule has 1 heterocycles. The maximum atomic E-state index is 13.9. The van der Waals surface area contributed by atoms with Gasteiger partial charge in [0.1, 0.15) is 5.82 Å². The number of benzene rings is 1. The van der Waals surface area contributed by atoms with Gasteiger partial charge in [0.25, 0.3) is 0 Å². The zero-order valence-corrected chi connectivity index (χ0v) is 12.2. The van der Waals surface area contributed by atoms with E-state index in [-0.39, 0.29) is 18.9 Å². The minimum Gasteiger partial charge on any atom is -0.380 e. The second kappa shape index (κ2) is 7.65. The number of halogens is 2. The first kappa shape index (κ1) is 16.1. The molecule has 0 aliphatic heterocycles. The Balaban J connectivity index is 2.07. The van der Waals surface area contributed by atoms with Crippen molar-refractivity contribution in [1.29, 1.82) is 0 Å². The van der Waals surface area contributed by atoms with Crippen LogP contribution in [0, 0.1) is 11.6 Å². The molecule has 0 atom stereocenters. The maximum absolute atomic E-state index is 13.9. The Labute approximate surface area is 126 Å². The number of nitrogens with zero attached hydrogens (tertiary/aromatic N) is 2. The topological polar surface area (TPSA) is 56.1 Å². The fourth-order valence-corrected chi connectivity index (χ4v) is 1.88. The molecule has 0 unspecified atom stereocenters. The Morgan fingerprint density at radius 2 is 2.05 bits per heavy atom. The van der Waals surface area contributed by atoms with Crippen LogP contribution in [0.1, 0.15) is 12.5 Å². The number of nitrogens with one attached hydrogen (secondary N) is 1. The van der Waals surface area contributed by atoms with E-state index in [9.17, 15) is 13.6 Å². The molecule has 0 radical (unpaired) electrons. The van der Waals surface area contributed by atoms with Gasteiger partial charge >= 0.3 is 5.69 Å². The van der Waals surface area contributed by atoms with Gasteiger partial charge < -0.3 is 10.1 Å². The summed E-state index contributed by atoms with van der Waals surface area (Å²) >= 11 is 0. The van der Waals surface area contributed by atoms with Crippen LogP contribution < -0.4 is 11.0 Å². The smallest absolute Gasteiger partial charge is 0.349 e. The summed E-state index contributed by atoms with van der Waals surface area (Å²) < 4.78 is 33.7. The zero-order chi connectivity index (χ0) is 15.9. The zero-order valence-electron chi connectivity index (χ0n) is 12.2. The SMILES string of the molecule is CCOCCn1cc(F)c(NCc2ccccc2F)nc1=O. The molecule has 0 saturated carbocycles. The van der Waals surface area contributed by atoms with Crippen LogP contribution in [0.5, 0.6) is 0 Å². The monoisotopic (exact) mass is 309 g/mol. The van der Waals surface area contributed by atoms with Gasteiger partial charge in [0.2, 0.25) is 0 Å². The predicted molar refractivity (Wildman–Crippen MR) is 78.7 cm³/mol. The molecule has 0 aliphatic carbocycles. The van der Waals surface area contributed by atoms with Crippen molar-refractivity contribution in [2.24, 2.45) is 0 Å². The Morgan fingerprint density at radius 3 is 2.77 bits per heavy atom. The summed E-state index contributed by atoms with van der Waals surface area (Å²) in [5.41, 5.74) is -0.221. The minimum atomic E-state index is -0.674. The predicted octanol–water partition coefficient (Wildman–Crippen LogP) is 2.17. The third-order valence-corrected chi connectivity index (χ3v) is 3.03. The van der Waals surface area contributed by atoms with Crippen LogP contribution in [0.4, 0.5) is 14.6 Å². The lowest BCUT2D eigenvalue weighted by Crippen LogP contribution is -2.26. The minimum absolute atomic E-state index is 0.0407. The van der Waals surface area contributed by atoms with Crippen molar-refractivity contribution in [3.8, 4) is 0 Å². The number of aromatic nitrogens is 2. The normalized spacial score (nSPS) is 10.7. The van der Waals surface area contributed by atoms with E-state index in [2.05, 4.69) is 10.3 Å². The number of hydrogen-bond acceptors (Lipinski definition) is 4. The van der Waals surface area contributed by atoms with E-state index in [1.165, 1.54) is 6.07 Å². The maximum Gasteiger partial charge on any atom is 0.349 e. The summed E-state index contributed by atoms with van der Waals surface area (Å²) in [6.07, 6.45) is 1.07. The molecule has 0 fully saturated rings. The number of anilines is 1. The van der Waals surface area contributed by atoms with Gasteiger partial charge in [0, 0.05) is 24.9 Å². The van der Waals surface area contributed by atoms with E-state index in [0.717, 1.165) is 10.8 Å². The lowest BCUT2D eigenvalue weighted by atomic mass is 10.2. The standard InChI is InChI=1S/C15H17F2N3O2/c1-2-22-8-7-20-10-13(17)14(19-15(20)21)18-9-11-5-3-4-6-12(11)16/h3-6,10H,2,7-9H2,1H3,(H,18,19,21). The molecule has 5 nitrogen and oxygen atoms in total. The van der Waals surface area contributed by atoms with Crippen molar-refractivity contribution in [2.75, 3.05) is 18.5 Å². The van der Waals surface area contributed by atoms with Crippen LogP contribution in [0.2, 0.25) is 0 Å². The molecule has 0 saturated heterocycles. The second-order valence-corrected chi connectivity index (χ2v) is 4.56. The van der Waals surface area contributed by atoms with Gasteiger partial charge in [-0.3, -0.25) is 4.57 Å². The van der Waals surface area contributed by atoms with Crippen molar-refractivity contribution >= 4 is 5.82 Å². The van der Waals surface area contributed by atoms with Gasteiger partial charge in [-0.05, 0) is 13.0 Å². The van der Waals surface area contributed by atoms with E-state index in [4.69, 9.17) is 4.74 Å². The molecule has 0 aliphatic rings. The van der Waals surface area contributed by atoms with Crippen molar-refractivity contribution < 1.29 is 13.5 Å². The molecule has 2 aromatic rings. The van der Waals surface area contributed by atoms with Gasteiger partial charge in [0.05, 0.1) is 13.2 Å². The fraction of sp³-hybridized carbons (Fsp3) is 0.333. The molecule has 0 amide bonds. The molecule has 2 rings (SSSR count). The van der Waals surface area contributed by atoms with E-state index in [1.807, 2.05) is 6.92 Å². The number of rotatable bonds is 7. The van der Waals surface area contributed by atoms with Crippen LogP contribution in [0.3, 0.4) is 0 Å². The van der Waals surface area contributed by atoms with E-state index < -0.39 is 17.3 Å². The molecule has 7 heteroatoms. The lowest BCUT2D eigenvalue weighted by Gasteiger charge is -2.10. The largest absolute Gasteiger partial charge is 0.380 e. The van der Waals surface area contributed by atoms with Gasteiger partial charge in [0.15, 0.2) is 11.6 Å². The van der Waals surface area contributed by atoms with Crippen molar-refractivity contribution in [3.63, 3.8) is 0 Å². The third kappa shape index (κ3) is 4.11. The lowest BCUT2D eigenvalue weighted by molar-refractivity contribution is 0.137. The van der Waals surface area contributed by atoms with E-state index in [1.54, 1.807) is 18.2 Å². The molecule has 1 aromatic carbocycles. The van der Waals surface area contributed by atoms with Crippen molar-refractivity contribution in [2.45, 2.75) is 20.0 Å². The summed E-state index contributed by atoms with van der Waals surface area (Å²) in [5, 5.41) is 2.63. The molecule has 1 N–H and O–H groups in total. The Morgan fingerprint density at radius 1 is 1.27 bits per heavy atom. The molecular formula is C15H17F2N3O2. The van der Waals surface area contributed by atoms with Crippen LogP contribution in [0.25, 0.3) is 0 Å². The van der Waals surface area contributed by atoms with Gasteiger partial charge in [-0.1, -0.05) is 18.2 Å². The first-order valence-electron chi connectivity index (χ1n) is 6.93. The summed E-state index contributed by atoms with van der Waals surface area (Å²) in [7, 11) is 0. The molecule has 22 heavy (non-hydrogen) atoms. The fourth-order valence-electron chi connectivity index (χ4n) is 1.88. The van der Waals surface area contributed by atoms with Crippen LogP contribution in [0.15, 0.2) is 35.3 Å². The first-order chi connectivity index (χ1) is 10.6. The highest BCUT2D eigenvalue weighted by atomic mass is 19.1. The summed E-state index contributed by atoms with van der Waals surface area (Å²) in [6, 6.07) is 6.13. The second-order valence-electron chi connectivity index (χ2n) is 4.56. The summed E-state index contributed by atoms with van der Waals surface area (Å²) in [5.74, 6) is -1.27. The number of hydrogen-bond donors (Lipinski definition) is 1. The summed E-state index contributed by atoms with van der Waals surface area (Å²) in [4.78, 5) is 15.4. The quantitative estimate of drug-likeness (QED) is 0.797. The highest BCUT2D eigenvalue weighted by Crippen LogP contribution is 2.11. The molecule has 1 aromatic heterocycles. The Kier molecular flexibility index (Phi) is 5.60. The van der Waals surface area contributed by atoms with E-state index >= 15 is 0 Å². The highest BCUT2D eigenvalue weighted by Gasteiger charge is 2.09. The molecule has 0 bridgehead atoms. The number of ether oxygens (including phenoxy) is 1. The molecular weight excluding hydrogens is 292 g/mol. The van der Waals surface area contributed by atoms with Crippen molar-refractivity contribution in [3.05, 3.63) is 58.1 Å². The van der Waals surface area contributed by atoms with Gasteiger partial charge in [-0.25, -0.2) is 13.6 Å². The molecule has 118 valence electrons. The Bertz CT molecular complexity index is 689. The van der Waals surface area contributed by atoms with Crippen molar-refractivity contribution in [1.82, 2.24) is 9.55 Å². The first-order valence-corrected chi connectivity index (χ1v) is 6.93. The van der Waals surface area contributed by atoms with Crippen LogP contribution in [-0.4, -0.2) is 22.8 Å². The average molecular weight is 309 g/mol. The van der Waals surface area contributed by atoms with Crippen LogP contribution in [-0.2, 0) is 17.8 Å².